The summed E-state index contributed by atoms with van der Waals surface area (Å²) in [6.07, 6.45) is 0. The molecule has 0 radical (unpaired) electrons. The van der Waals surface area contributed by atoms with Crippen molar-refractivity contribution in [3.05, 3.63) is 234 Å². The van der Waals surface area contributed by atoms with Crippen LogP contribution in [0.2, 0.25) is 0 Å². The molecule has 1 spiro atoms. The number of para-hydroxylation sites is 2. The molecule has 8 aromatic carbocycles. The maximum atomic E-state index is 6.85. The van der Waals surface area contributed by atoms with E-state index in [9.17, 15) is 0 Å². The molecule has 0 bridgehead atoms. The molecular formula is C59H39N5O. The number of ether oxygens (including phenoxy) is 1. The van der Waals surface area contributed by atoms with Gasteiger partial charge in [-0.05, 0) is 51.6 Å². The van der Waals surface area contributed by atoms with Crippen molar-refractivity contribution in [2.45, 2.75) is 24.7 Å². The summed E-state index contributed by atoms with van der Waals surface area (Å²) in [5.74, 6) is 4.16. The smallest absolute Gasteiger partial charge is 0.164 e. The average Bonchev–Trinajstić information content (AvgIpc) is 3.79. The topological polar surface area (TPSA) is 73.7 Å². The van der Waals surface area contributed by atoms with Crippen molar-refractivity contribution in [2.24, 2.45) is 0 Å². The Kier molecular flexibility index (Phi) is 8.06. The number of fused-ring (bicyclic) bond motifs is 12. The fraction of sp³-hybridized carbons (Fsp3) is 0.0678. The first-order valence-corrected chi connectivity index (χ1v) is 22.1. The third-order valence-corrected chi connectivity index (χ3v) is 13.6. The lowest BCUT2D eigenvalue weighted by Crippen LogP contribution is -2.32. The number of rotatable bonds is 5. The van der Waals surface area contributed by atoms with Crippen molar-refractivity contribution >= 4 is 0 Å². The molecule has 0 unspecified atom stereocenters. The van der Waals surface area contributed by atoms with Gasteiger partial charge in [0.05, 0.1) is 16.8 Å². The van der Waals surface area contributed by atoms with Crippen LogP contribution in [-0.4, -0.2) is 24.9 Å². The summed E-state index contributed by atoms with van der Waals surface area (Å²) in [6.45, 7) is 4.58. The van der Waals surface area contributed by atoms with Crippen LogP contribution in [0.1, 0.15) is 47.4 Å². The van der Waals surface area contributed by atoms with E-state index >= 15 is 0 Å². The highest BCUT2D eigenvalue weighted by Crippen LogP contribution is 2.65. The van der Waals surface area contributed by atoms with Crippen molar-refractivity contribution in [2.75, 3.05) is 0 Å². The highest BCUT2D eigenvalue weighted by Gasteiger charge is 2.53. The molecule has 6 nitrogen and oxygen atoms in total. The van der Waals surface area contributed by atoms with Crippen LogP contribution in [0, 0.1) is 0 Å². The summed E-state index contributed by atoms with van der Waals surface area (Å²) < 4.78 is 6.85. The fourth-order valence-corrected chi connectivity index (χ4v) is 10.7. The number of nitrogens with zero attached hydrogens (tertiary/aromatic N) is 5. The maximum absolute atomic E-state index is 6.85. The average molecular weight is 834 g/mol. The Hall–Kier alpha value is -8.35. The monoisotopic (exact) mass is 833 g/mol. The fourth-order valence-electron chi connectivity index (χ4n) is 10.7. The molecule has 0 saturated heterocycles. The molecule has 3 heterocycles. The Morgan fingerprint density at radius 1 is 0.354 bits per heavy atom. The third-order valence-electron chi connectivity index (χ3n) is 13.6. The quantitative estimate of drug-likeness (QED) is 0.172. The van der Waals surface area contributed by atoms with E-state index in [2.05, 4.69) is 147 Å². The first-order chi connectivity index (χ1) is 32.0. The Morgan fingerprint density at radius 2 is 0.831 bits per heavy atom. The number of hydrogen-bond acceptors (Lipinski definition) is 6. The molecular weight excluding hydrogens is 795 g/mol. The Labute approximate surface area is 377 Å². The van der Waals surface area contributed by atoms with Crippen LogP contribution in [0.4, 0.5) is 0 Å². The lowest BCUT2D eigenvalue weighted by atomic mass is 9.64. The zero-order valence-corrected chi connectivity index (χ0v) is 35.7. The third kappa shape index (κ3) is 5.44. The van der Waals surface area contributed by atoms with Crippen molar-refractivity contribution in [3.63, 3.8) is 0 Å². The van der Waals surface area contributed by atoms with Gasteiger partial charge in [-0.25, -0.2) is 24.9 Å². The van der Waals surface area contributed by atoms with E-state index in [0.717, 1.165) is 95.2 Å². The van der Waals surface area contributed by atoms with Gasteiger partial charge >= 0.3 is 0 Å². The van der Waals surface area contributed by atoms with E-state index in [-0.39, 0.29) is 5.41 Å². The van der Waals surface area contributed by atoms with Crippen molar-refractivity contribution in [3.8, 4) is 90.6 Å². The summed E-state index contributed by atoms with van der Waals surface area (Å²) in [4.78, 5) is 26.5. The Bertz CT molecular complexity index is 3450. The summed E-state index contributed by atoms with van der Waals surface area (Å²) in [5.41, 5.74) is 15.7. The molecule has 2 aromatic heterocycles. The van der Waals surface area contributed by atoms with Gasteiger partial charge in [-0.3, -0.25) is 0 Å². The molecule has 0 fully saturated rings. The molecule has 0 amide bonds. The summed E-state index contributed by atoms with van der Waals surface area (Å²) in [6, 6.07) is 69.9. The second kappa shape index (κ2) is 14.1. The lowest BCUT2D eigenvalue weighted by Gasteiger charge is -2.40. The molecule has 10 aromatic rings. The van der Waals surface area contributed by atoms with E-state index in [1.807, 2.05) is 66.7 Å². The zero-order valence-electron chi connectivity index (χ0n) is 35.7. The molecule has 1 aliphatic heterocycles. The molecule has 306 valence electrons. The van der Waals surface area contributed by atoms with Crippen LogP contribution in [0.3, 0.4) is 0 Å². The standard InChI is InChI=1S/C59H39N5O/c1-58(2)44-28-13-12-25-42(44)50-52(60-54(61-53(50)58)36-19-6-3-7-20-36)43-27-18-26-41-40-34-33-39(57-63-55(37-21-8-4-9-22-37)62-56(64-57)38-23-10-5-11-24-38)35-47(40)59(51(41)43)45-29-14-16-31-48(45)65-49-32-17-15-30-46(49)59/h3-35H,1-2H3. The summed E-state index contributed by atoms with van der Waals surface area (Å²) >= 11 is 0. The van der Waals surface area contributed by atoms with Crippen LogP contribution in [-0.2, 0) is 10.8 Å². The van der Waals surface area contributed by atoms with Gasteiger partial charge in [-0.1, -0.05) is 196 Å². The van der Waals surface area contributed by atoms with E-state index in [0.29, 0.717) is 23.3 Å². The predicted molar refractivity (Wildman–Crippen MR) is 258 cm³/mol. The molecule has 65 heavy (non-hydrogen) atoms. The predicted octanol–water partition coefficient (Wildman–Crippen LogP) is 13.8. The number of hydrogen-bond donors (Lipinski definition) is 0. The Balaban J connectivity index is 1.13. The van der Waals surface area contributed by atoms with Crippen LogP contribution in [0.15, 0.2) is 200 Å². The second-order valence-corrected chi connectivity index (χ2v) is 17.5. The molecule has 2 aliphatic carbocycles. The van der Waals surface area contributed by atoms with Gasteiger partial charge in [0.1, 0.15) is 11.5 Å². The molecule has 13 rings (SSSR count). The molecule has 3 aliphatic rings. The van der Waals surface area contributed by atoms with Crippen LogP contribution >= 0.6 is 0 Å². The number of aromatic nitrogens is 5. The molecule has 6 heteroatoms. The normalized spacial score (nSPS) is 14.1. The highest BCUT2D eigenvalue weighted by atomic mass is 16.5. The lowest BCUT2D eigenvalue weighted by molar-refractivity contribution is 0.436. The van der Waals surface area contributed by atoms with Crippen LogP contribution in [0.5, 0.6) is 11.5 Å². The SMILES string of the molecule is CC1(C)c2ccccc2-c2c(-c3cccc4c3C3(c5ccccc5Oc5ccccc53)c3cc(-c5nc(-c6ccccc6)nc(-c6ccccc6)n5)ccc3-4)nc(-c3ccccc3)nc21. The first-order valence-electron chi connectivity index (χ1n) is 22.1. The van der Waals surface area contributed by atoms with E-state index in [1.54, 1.807) is 0 Å². The van der Waals surface area contributed by atoms with Crippen molar-refractivity contribution in [1.82, 2.24) is 24.9 Å². The van der Waals surface area contributed by atoms with E-state index in [4.69, 9.17) is 29.7 Å². The van der Waals surface area contributed by atoms with Gasteiger partial charge in [-0.15, -0.1) is 0 Å². The van der Waals surface area contributed by atoms with Crippen molar-refractivity contribution < 1.29 is 4.74 Å². The zero-order chi connectivity index (χ0) is 43.3. The van der Waals surface area contributed by atoms with Gasteiger partial charge in [0.15, 0.2) is 23.3 Å². The minimum Gasteiger partial charge on any atom is -0.457 e. The highest BCUT2D eigenvalue weighted by molar-refractivity contribution is 5.99. The van der Waals surface area contributed by atoms with Gasteiger partial charge in [0.25, 0.3) is 0 Å². The van der Waals surface area contributed by atoms with Gasteiger partial charge in [0.2, 0.25) is 0 Å². The summed E-state index contributed by atoms with van der Waals surface area (Å²) in [5, 5.41) is 0. The Morgan fingerprint density at radius 3 is 1.43 bits per heavy atom. The van der Waals surface area contributed by atoms with Crippen LogP contribution < -0.4 is 4.74 Å². The molecule has 0 atom stereocenters. The minimum atomic E-state index is -0.835. The van der Waals surface area contributed by atoms with E-state index in [1.165, 1.54) is 5.56 Å². The van der Waals surface area contributed by atoms with Crippen LogP contribution in [0.25, 0.3) is 79.1 Å². The number of benzene rings is 8. The van der Waals surface area contributed by atoms with Crippen molar-refractivity contribution in [1.29, 1.82) is 0 Å². The second-order valence-electron chi connectivity index (χ2n) is 17.5. The first kappa shape index (κ1) is 37.2. The van der Waals surface area contributed by atoms with Gasteiger partial charge in [0, 0.05) is 49.9 Å². The largest absolute Gasteiger partial charge is 0.457 e. The minimum absolute atomic E-state index is 0.361. The van der Waals surface area contributed by atoms with E-state index < -0.39 is 5.41 Å². The molecule has 0 N–H and O–H groups in total. The summed E-state index contributed by atoms with van der Waals surface area (Å²) in [7, 11) is 0. The van der Waals surface area contributed by atoms with Gasteiger partial charge in [-0.2, -0.15) is 0 Å². The maximum Gasteiger partial charge on any atom is 0.164 e. The van der Waals surface area contributed by atoms with Gasteiger partial charge < -0.3 is 4.74 Å². The molecule has 0 saturated carbocycles.